The summed E-state index contributed by atoms with van der Waals surface area (Å²) >= 11 is 0. The molecule has 4 rings (SSSR count). The maximum atomic E-state index is 4.20. The van der Waals surface area contributed by atoms with Gasteiger partial charge in [-0.05, 0) is 36.8 Å². The van der Waals surface area contributed by atoms with Crippen LogP contribution in [0.1, 0.15) is 25.7 Å². The Bertz CT molecular complexity index is 555. The average Bonchev–Trinajstić information content (AvgIpc) is 2.94. The van der Waals surface area contributed by atoms with E-state index in [-0.39, 0.29) is 0 Å². The molecule has 4 heteroatoms. The summed E-state index contributed by atoms with van der Waals surface area (Å²) in [5.74, 6) is 0. The molecular weight excluding hydrogens is 212 g/mol. The van der Waals surface area contributed by atoms with E-state index < -0.39 is 0 Å². The van der Waals surface area contributed by atoms with Crippen LogP contribution in [0.5, 0.6) is 0 Å². The first-order chi connectivity index (χ1) is 8.35. The molecule has 0 unspecified atom stereocenters. The van der Waals surface area contributed by atoms with Gasteiger partial charge < -0.3 is 4.90 Å². The molecule has 1 saturated heterocycles. The Labute approximate surface area is 100 Å². The molecule has 1 aliphatic heterocycles. The summed E-state index contributed by atoms with van der Waals surface area (Å²) in [6, 6.07) is 4.22. The zero-order valence-electron chi connectivity index (χ0n) is 9.84. The van der Waals surface area contributed by atoms with Gasteiger partial charge >= 0.3 is 0 Å². The summed E-state index contributed by atoms with van der Waals surface area (Å²) in [6.45, 7) is 2.42. The normalized spacial score (nSPS) is 22.2. The fourth-order valence-corrected chi connectivity index (χ4v) is 3.23. The Hall–Kier alpha value is -1.58. The minimum absolute atomic E-state index is 0.650. The van der Waals surface area contributed by atoms with Gasteiger partial charge in [0.05, 0.1) is 11.9 Å². The third-order valence-electron chi connectivity index (χ3n) is 4.48. The van der Waals surface area contributed by atoms with Crippen molar-refractivity contribution in [2.75, 3.05) is 18.0 Å². The van der Waals surface area contributed by atoms with Gasteiger partial charge in [-0.3, -0.25) is 0 Å². The van der Waals surface area contributed by atoms with Gasteiger partial charge in [-0.1, -0.05) is 6.42 Å². The molecule has 17 heavy (non-hydrogen) atoms. The summed E-state index contributed by atoms with van der Waals surface area (Å²) in [5, 5.41) is 4.20. The van der Waals surface area contributed by atoms with E-state index in [4.69, 9.17) is 0 Å². The van der Waals surface area contributed by atoms with Crippen LogP contribution in [0.25, 0.3) is 5.65 Å². The summed E-state index contributed by atoms with van der Waals surface area (Å²) < 4.78 is 1.86. The van der Waals surface area contributed by atoms with Crippen LogP contribution in [0.2, 0.25) is 0 Å². The number of pyridine rings is 1. The number of hydrogen-bond acceptors (Lipinski definition) is 3. The lowest BCUT2D eigenvalue weighted by Crippen LogP contribution is -2.33. The molecule has 2 fully saturated rings. The highest BCUT2D eigenvalue weighted by Crippen LogP contribution is 2.48. The van der Waals surface area contributed by atoms with Crippen LogP contribution in [0.3, 0.4) is 0 Å². The van der Waals surface area contributed by atoms with Gasteiger partial charge in [0.2, 0.25) is 0 Å². The number of hydrogen-bond donors (Lipinski definition) is 0. The van der Waals surface area contributed by atoms with Crippen LogP contribution in [-0.2, 0) is 0 Å². The van der Waals surface area contributed by atoms with Crippen LogP contribution in [0, 0.1) is 5.41 Å². The molecule has 0 atom stereocenters. The van der Waals surface area contributed by atoms with E-state index in [1.54, 1.807) is 6.33 Å². The Morgan fingerprint density at radius 2 is 2.12 bits per heavy atom. The molecule has 0 bridgehead atoms. The molecule has 2 aromatic rings. The number of fused-ring (bicyclic) bond motifs is 1. The predicted octanol–water partition coefficient (Wildman–Crippen LogP) is 2.11. The van der Waals surface area contributed by atoms with Gasteiger partial charge in [0.25, 0.3) is 0 Å². The third-order valence-corrected chi connectivity index (χ3v) is 4.48. The van der Waals surface area contributed by atoms with Crippen molar-refractivity contribution in [1.82, 2.24) is 14.6 Å². The van der Waals surface area contributed by atoms with Gasteiger partial charge in [-0.15, -0.1) is 0 Å². The number of rotatable bonds is 1. The summed E-state index contributed by atoms with van der Waals surface area (Å²) in [5.41, 5.74) is 2.86. The lowest BCUT2D eigenvalue weighted by molar-refractivity contribution is 0.165. The minimum atomic E-state index is 0.650. The fraction of sp³-hybridized carbons (Fsp3) is 0.538. The highest BCUT2D eigenvalue weighted by Gasteiger charge is 2.42. The molecule has 88 valence electrons. The lowest BCUT2D eigenvalue weighted by Gasteiger charge is -2.38. The van der Waals surface area contributed by atoms with Crippen LogP contribution < -0.4 is 4.90 Å². The zero-order valence-corrected chi connectivity index (χ0v) is 9.84. The number of nitrogens with zero attached hydrogens (tertiary/aromatic N) is 4. The van der Waals surface area contributed by atoms with Crippen molar-refractivity contribution in [3.63, 3.8) is 0 Å². The standard InChI is InChI=1S/C13H16N4/c1-4-13(5-1)6-7-16(9-13)11-2-3-12-14-10-15-17(12)8-11/h2-3,8,10H,1,4-7,9H2. The SMILES string of the molecule is c1nc2ccc(N3CCC4(CCC4)C3)cn2n1. The first-order valence-corrected chi connectivity index (χ1v) is 6.39. The Morgan fingerprint density at radius 3 is 2.88 bits per heavy atom. The molecule has 0 radical (unpaired) electrons. The first-order valence-electron chi connectivity index (χ1n) is 6.39. The van der Waals surface area contributed by atoms with E-state index in [0.717, 1.165) is 5.65 Å². The van der Waals surface area contributed by atoms with Crippen LogP contribution in [0.4, 0.5) is 5.69 Å². The number of anilines is 1. The monoisotopic (exact) mass is 228 g/mol. The largest absolute Gasteiger partial charge is 0.370 e. The second kappa shape index (κ2) is 3.22. The van der Waals surface area contributed by atoms with Gasteiger partial charge in [-0.2, -0.15) is 5.10 Å². The third kappa shape index (κ3) is 1.36. The van der Waals surface area contributed by atoms with E-state index in [9.17, 15) is 0 Å². The van der Waals surface area contributed by atoms with Crippen molar-refractivity contribution in [3.05, 3.63) is 24.7 Å². The molecule has 2 aromatic heterocycles. The first kappa shape index (κ1) is 9.45. The predicted molar refractivity (Wildman–Crippen MR) is 66.1 cm³/mol. The number of aromatic nitrogens is 3. The van der Waals surface area contributed by atoms with E-state index in [0.29, 0.717) is 5.41 Å². The molecule has 1 spiro atoms. The highest BCUT2D eigenvalue weighted by molar-refractivity contribution is 5.52. The lowest BCUT2D eigenvalue weighted by atomic mass is 9.68. The summed E-state index contributed by atoms with van der Waals surface area (Å²) in [7, 11) is 0. The maximum absolute atomic E-state index is 4.20. The smallest absolute Gasteiger partial charge is 0.155 e. The van der Waals surface area contributed by atoms with Gasteiger partial charge in [0.15, 0.2) is 5.65 Å². The molecule has 1 aliphatic carbocycles. The van der Waals surface area contributed by atoms with Crippen molar-refractivity contribution in [1.29, 1.82) is 0 Å². The van der Waals surface area contributed by atoms with Crippen molar-refractivity contribution in [2.45, 2.75) is 25.7 Å². The Kier molecular flexibility index (Phi) is 1.79. The van der Waals surface area contributed by atoms with Crippen molar-refractivity contribution in [3.8, 4) is 0 Å². The van der Waals surface area contributed by atoms with Crippen molar-refractivity contribution < 1.29 is 0 Å². The minimum Gasteiger partial charge on any atom is -0.370 e. The van der Waals surface area contributed by atoms with Crippen LogP contribution in [-0.4, -0.2) is 27.7 Å². The van der Waals surface area contributed by atoms with Crippen molar-refractivity contribution >= 4 is 11.3 Å². The fourth-order valence-electron chi connectivity index (χ4n) is 3.23. The Morgan fingerprint density at radius 1 is 1.18 bits per heavy atom. The quantitative estimate of drug-likeness (QED) is 0.749. The van der Waals surface area contributed by atoms with E-state index in [1.165, 1.54) is 44.5 Å². The van der Waals surface area contributed by atoms with E-state index in [1.807, 2.05) is 10.6 Å². The molecule has 4 nitrogen and oxygen atoms in total. The molecular formula is C13H16N4. The van der Waals surface area contributed by atoms with E-state index in [2.05, 4.69) is 27.2 Å². The summed E-state index contributed by atoms with van der Waals surface area (Å²) in [4.78, 5) is 6.68. The van der Waals surface area contributed by atoms with Gasteiger partial charge in [0.1, 0.15) is 6.33 Å². The van der Waals surface area contributed by atoms with Crippen LogP contribution >= 0.6 is 0 Å². The maximum Gasteiger partial charge on any atom is 0.155 e. The second-order valence-electron chi connectivity index (χ2n) is 5.48. The average molecular weight is 228 g/mol. The van der Waals surface area contributed by atoms with Gasteiger partial charge in [0, 0.05) is 13.1 Å². The zero-order chi connectivity index (χ0) is 11.3. The topological polar surface area (TPSA) is 33.4 Å². The second-order valence-corrected chi connectivity index (χ2v) is 5.48. The molecule has 3 heterocycles. The molecule has 0 N–H and O–H groups in total. The highest BCUT2D eigenvalue weighted by atomic mass is 15.3. The molecule has 1 saturated carbocycles. The van der Waals surface area contributed by atoms with Gasteiger partial charge in [-0.25, -0.2) is 9.50 Å². The van der Waals surface area contributed by atoms with Crippen LogP contribution in [0.15, 0.2) is 24.7 Å². The summed E-state index contributed by atoms with van der Waals surface area (Å²) in [6.07, 6.45) is 9.35. The molecule has 0 amide bonds. The van der Waals surface area contributed by atoms with E-state index >= 15 is 0 Å². The van der Waals surface area contributed by atoms with Crippen molar-refractivity contribution in [2.24, 2.45) is 5.41 Å². The Balaban J connectivity index is 1.65. The molecule has 2 aliphatic rings. The molecule has 0 aromatic carbocycles.